The second-order valence-electron chi connectivity index (χ2n) is 8.93. The average Bonchev–Trinajstić information content (AvgIpc) is 2.73. The van der Waals surface area contributed by atoms with E-state index in [2.05, 4.69) is 49.1 Å². The monoisotopic (exact) mass is 436 g/mol. The van der Waals surface area contributed by atoms with Gasteiger partial charge in [0.2, 0.25) is 5.82 Å². The Morgan fingerprint density at radius 2 is 1.68 bits per heavy atom. The molecule has 162 valence electrons. The molecule has 3 aromatic rings. The van der Waals surface area contributed by atoms with Crippen molar-refractivity contribution in [3.05, 3.63) is 76.6 Å². The first-order chi connectivity index (χ1) is 14.6. The third kappa shape index (κ3) is 5.53. The zero-order valence-corrected chi connectivity index (χ0v) is 19.5. The first-order valence-corrected chi connectivity index (χ1v) is 13.0. The van der Waals surface area contributed by atoms with Gasteiger partial charge in [0.1, 0.15) is 0 Å². The van der Waals surface area contributed by atoms with Crippen LogP contribution in [0, 0.1) is 10.1 Å². The molecule has 3 rings (SSSR count). The third-order valence-electron chi connectivity index (χ3n) is 5.67. The molecule has 2 heterocycles. The van der Waals surface area contributed by atoms with Crippen molar-refractivity contribution >= 4 is 25.5 Å². The first-order valence-electron chi connectivity index (χ1n) is 10.1. The molecule has 0 amide bonds. The van der Waals surface area contributed by atoms with Crippen molar-refractivity contribution < 1.29 is 9.35 Å². The molecule has 0 radical (unpaired) electrons. The molecule has 8 heteroatoms. The number of nitrogens with zero attached hydrogens (tertiary/aromatic N) is 3. The van der Waals surface area contributed by atoms with Crippen molar-refractivity contribution in [2.75, 3.05) is 5.32 Å². The molecule has 31 heavy (non-hydrogen) atoms. The number of nitrogens with one attached hydrogen (secondary N) is 1. The van der Waals surface area contributed by atoms with Crippen LogP contribution in [0.3, 0.4) is 0 Å². The summed E-state index contributed by atoms with van der Waals surface area (Å²) in [5.74, 6) is 0.199. The van der Waals surface area contributed by atoms with Crippen LogP contribution in [0.25, 0.3) is 11.3 Å². The van der Waals surface area contributed by atoms with Gasteiger partial charge in [0, 0.05) is 29.7 Å². The standard InChI is InChI=1S/C23H28N4O3Si/c1-23(2,3)31(4,5)30-16-17-6-8-19(9-7-17)25-22-21(27(28)29)11-10-20(26-22)18-12-14-24-15-13-18/h6-15H,16H2,1-5H3,(H,25,26). The second kappa shape index (κ2) is 8.95. The van der Waals surface area contributed by atoms with Crippen molar-refractivity contribution in [3.63, 3.8) is 0 Å². The van der Waals surface area contributed by atoms with E-state index < -0.39 is 13.2 Å². The molecule has 2 aromatic heterocycles. The van der Waals surface area contributed by atoms with E-state index in [0.717, 1.165) is 16.8 Å². The molecule has 7 nitrogen and oxygen atoms in total. The Labute approximate surface area is 183 Å². The summed E-state index contributed by atoms with van der Waals surface area (Å²) < 4.78 is 6.27. The fraction of sp³-hybridized carbons (Fsp3) is 0.304. The summed E-state index contributed by atoms with van der Waals surface area (Å²) in [5, 5.41) is 14.7. The minimum Gasteiger partial charge on any atom is -0.413 e. The Hall–Kier alpha value is -3.10. The van der Waals surface area contributed by atoms with Gasteiger partial charge in [0.25, 0.3) is 0 Å². The molecule has 1 aromatic carbocycles. The first kappa shape index (κ1) is 22.6. The fourth-order valence-electron chi connectivity index (χ4n) is 2.68. The van der Waals surface area contributed by atoms with Crippen LogP contribution in [0.1, 0.15) is 26.3 Å². The molecule has 0 atom stereocenters. The minimum atomic E-state index is -1.83. The minimum absolute atomic E-state index is 0.0804. The predicted octanol–water partition coefficient (Wildman–Crippen LogP) is 6.32. The summed E-state index contributed by atoms with van der Waals surface area (Å²) in [5.41, 5.74) is 3.17. The van der Waals surface area contributed by atoms with E-state index in [1.54, 1.807) is 18.5 Å². The highest BCUT2D eigenvalue weighted by Crippen LogP contribution is 2.37. The van der Waals surface area contributed by atoms with Crippen molar-refractivity contribution in [2.24, 2.45) is 0 Å². The van der Waals surface area contributed by atoms with Crippen LogP contribution in [0.2, 0.25) is 18.1 Å². The third-order valence-corrected chi connectivity index (χ3v) is 10.1. The molecule has 1 N–H and O–H groups in total. The van der Waals surface area contributed by atoms with E-state index in [4.69, 9.17) is 4.43 Å². The zero-order valence-electron chi connectivity index (χ0n) is 18.5. The van der Waals surface area contributed by atoms with Crippen molar-refractivity contribution in [3.8, 4) is 11.3 Å². The number of nitro groups is 1. The maximum Gasteiger partial charge on any atom is 0.311 e. The number of hydrogen-bond donors (Lipinski definition) is 1. The number of aromatic nitrogens is 2. The van der Waals surface area contributed by atoms with E-state index in [-0.39, 0.29) is 16.5 Å². The maximum atomic E-state index is 11.5. The number of rotatable bonds is 7. The molecule has 0 aliphatic carbocycles. The van der Waals surface area contributed by atoms with Crippen LogP contribution < -0.4 is 5.32 Å². The normalized spacial score (nSPS) is 11.9. The Balaban J connectivity index is 1.78. The Bertz CT molecular complexity index is 1050. The molecule has 0 fully saturated rings. The molecule has 0 bridgehead atoms. The van der Waals surface area contributed by atoms with Gasteiger partial charge in [-0.15, -0.1) is 0 Å². The van der Waals surface area contributed by atoms with Gasteiger partial charge in [-0.25, -0.2) is 4.98 Å². The lowest BCUT2D eigenvalue weighted by molar-refractivity contribution is -0.384. The number of pyridine rings is 2. The SMILES string of the molecule is CC(C)(C)[Si](C)(C)OCc1ccc(Nc2nc(-c3ccncc3)ccc2[N+](=O)[O-])cc1. The summed E-state index contributed by atoms with van der Waals surface area (Å²) in [6, 6.07) is 14.4. The van der Waals surface area contributed by atoms with Crippen LogP contribution in [0.4, 0.5) is 17.2 Å². The second-order valence-corrected chi connectivity index (χ2v) is 13.7. The Kier molecular flexibility index (Phi) is 6.52. The van der Waals surface area contributed by atoms with Crippen LogP contribution in [-0.2, 0) is 11.0 Å². The molecule has 0 aliphatic rings. The van der Waals surface area contributed by atoms with Crippen molar-refractivity contribution in [2.45, 2.75) is 45.5 Å². The number of benzene rings is 1. The molecule has 0 saturated carbocycles. The van der Waals surface area contributed by atoms with Crippen LogP contribution in [0.15, 0.2) is 60.9 Å². The molecule has 0 aliphatic heterocycles. The maximum absolute atomic E-state index is 11.5. The van der Waals surface area contributed by atoms with Crippen molar-refractivity contribution in [1.29, 1.82) is 0 Å². The molecule has 0 spiro atoms. The highest BCUT2D eigenvalue weighted by Gasteiger charge is 2.37. The van der Waals surface area contributed by atoms with Gasteiger partial charge in [-0.05, 0) is 54.0 Å². The van der Waals surface area contributed by atoms with Crippen LogP contribution >= 0.6 is 0 Å². The van der Waals surface area contributed by atoms with Crippen molar-refractivity contribution in [1.82, 2.24) is 9.97 Å². The molecular weight excluding hydrogens is 408 g/mol. The summed E-state index contributed by atoms with van der Waals surface area (Å²) in [4.78, 5) is 19.5. The average molecular weight is 437 g/mol. The largest absolute Gasteiger partial charge is 0.413 e. The van der Waals surface area contributed by atoms with E-state index >= 15 is 0 Å². The van der Waals surface area contributed by atoms with E-state index in [1.807, 2.05) is 36.4 Å². The molecule has 0 saturated heterocycles. The van der Waals surface area contributed by atoms with Gasteiger partial charge < -0.3 is 9.74 Å². The topological polar surface area (TPSA) is 90.2 Å². The quantitative estimate of drug-likeness (QED) is 0.265. The summed E-state index contributed by atoms with van der Waals surface area (Å²) >= 11 is 0. The number of hydrogen-bond acceptors (Lipinski definition) is 6. The Morgan fingerprint density at radius 1 is 1.03 bits per heavy atom. The van der Waals surface area contributed by atoms with Crippen LogP contribution in [-0.4, -0.2) is 23.2 Å². The smallest absolute Gasteiger partial charge is 0.311 e. The van der Waals surface area contributed by atoms with E-state index in [0.29, 0.717) is 12.3 Å². The zero-order chi connectivity index (χ0) is 22.6. The molecular formula is C23H28N4O3Si. The lowest BCUT2D eigenvalue weighted by atomic mass is 10.1. The van der Waals surface area contributed by atoms with Gasteiger partial charge in [-0.3, -0.25) is 15.1 Å². The van der Waals surface area contributed by atoms with Crippen LogP contribution in [0.5, 0.6) is 0 Å². The van der Waals surface area contributed by atoms with E-state index in [1.165, 1.54) is 6.07 Å². The van der Waals surface area contributed by atoms with Gasteiger partial charge in [-0.1, -0.05) is 32.9 Å². The number of anilines is 2. The molecule has 0 unspecified atom stereocenters. The predicted molar refractivity (Wildman–Crippen MR) is 126 cm³/mol. The van der Waals surface area contributed by atoms with Gasteiger partial charge in [0.05, 0.1) is 17.2 Å². The van der Waals surface area contributed by atoms with Gasteiger partial charge in [-0.2, -0.15) is 0 Å². The highest BCUT2D eigenvalue weighted by atomic mass is 28.4. The summed E-state index contributed by atoms with van der Waals surface area (Å²) in [6.07, 6.45) is 3.33. The summed E-state index contributed by atoms with van der Waals surface area (Å²) in [7, 11) is -1.83. The van der Waals surface area contributed by atoms with E-state index in [9.17, 15) is 10.1 Å². The lowest BCUT2D eigenvalue weighted by Gasteiger charge is -2.36. The van der Waals surface area contributed by atoms with Gasteiger partial charge >= 0.3 is 5.69 Å². The fourth-order valence-corrected chi connectivity index (χ4v) is 3.64. The summed E-state index contributed by atoms with van der Waals surface area (Å²) in [6.45, 7) is 11.6. The highest BCUT2D eigenvalue weighted by molar-refractivity contribution is 6.74. The van der Waals surface area contributed by atoms with Gasteiger partial charge in [0.15, 0.2) is 8.32 Å². The Morgan fingerprint density at radius 3 is 2.26 bits per heavy atom. The lowest BCUT2D eigenvalue weighted by Crippen LogP contribution is -2.40.